The number of hydrogen-bond acceptors (Lipinski definition) is 9. The number of rotatable bonds is 8. The van der Waals surface area contributed by atoms with Gasteiger partial charge in [0.15, 0.2) is 0 Å². The van der Waals surface area contributed by atoms with Crippen molar-refractivity contribution in [1.82, 2.24) is 29.4 Å². The van der Waals surface area contributed by atoms with Crippen molar-refractivity contribution in [3.63, 3.8) is 0 Å². The van der Waals surface area contributed by atoms with Crippen LogP contribution in [0.2, 0.25) is 0 Å². The van der Waals surface area contributed by atoms with Crippen molar-refractivity contribution in [2.45, 2.75) is 70.2 Å². The van der Waals surface area contributed by atoms with Crippen LogP contribution in [0, 0.1) is 18.3 Å². The molecule has 212 valence electrons. The molecule has 0 amide bonds. The van der Waals surface area contributed by atoms with E-state index in [4.69, 9.17) is 0 Å². The number of sulfonamides is 1. The number of hydrogen-bond donors (Lipinski definition) is 3. The van der Waals surface area contributed by atoms with Gasteiger partial charge < -0.3 is 15.7 Å². The highest BCUT2D eigenvalue weighted by Crippen LogP contribution is 2.25. The van der Waals surface area contributed by atoms with Crippen LogP contribution in [-0.2, 0) is 16.6 Å². The second-order valence-corrected chi connectivity index (χ2v) is 12.8. The van der Waals surface area contributed by atoms with E-state index in [-0.39, 0.29) is 12.1 Å². The summed E-state index contributed by atoms with van der Waals surface area (Å²) in [5, 5.41) is 31.1. The van der Waals surface area contributed by atoms with E-state index >= 15 is 0 Å². The summed E-state index contributed by atoms with van der Waals surface area (Å²) in [5.74, 6) is 0.401. The van der Waals surface area contributed by atoms with Gasteiger partial charge in [0.05, 0.1) is 41.7 Å². The van der Waals surface area contributed by atoms with Crippen LogP contribution in [0.15, 0.2) is 36.8 Å². The average molecular weight is 565 g/mol. The fraction of sp³-hybridized carbons (Fsp3) is 0.500. The van der Waals surface area contributed by atoms with Crippen molar-refractivity contribution in [2.75, 3.05) is 24.7 Å². The van der Waals surface area contributed by atoms with Crippen molar-refractivity contribution < 1.29 is 13.5 Å². The number of nitrogens with one attached hydrogen (secondary N) is 2. The van der Waals surface area contributed by atoms with Crippen molar-refractivity contribution in [2.24, 2.45) is 0 Å². The second kappa shape index (κ2) is 12.0. The fourth-order valence-electron chi connectivity index (χ4n) is 5.54. The highest BCUT2D eigenvalue weighted by Gasteiger charge is 2.25. The monoisotopic (exact) mass is 564 g/mol. The van der Waals surface area contributed by atoms with E-state index in [0.717, 1.165) is 43.5 Å². The minimum atomic E-state index is -3.19. The van der Waals surface area contributed by atoms with Crippen LogP contribution >= 0.6 is 0 Å². The topological polar surface area (TPSA) is 149 Å². The zero-order valence-corrected chi connectivity index (χ0v) is 23.7. The van der Waals surface area contributed by atoms with E-state index in [1.165, 1.54) is 22.3 Å². The Bertz CT molecular complexity index is 1490. The van der Waals surface area contributed by atoms with Crippen molar-refractivity contribution in [3.8, 4) is 23.0 Å². The summed E-state index contributed by atoms with van der Waals surface area (Å²) in [7, 11) is -3.19. The number of piperidine rings is 1. The molecule has 2 aromatic heterocycles. The van der Waals surface area contributed by atoms with E-state index in [0.29, 0.717) is 54.7 Å². The Morgan fingerprint density at radius 1 is 1.15 bits per heavy atom. The summed E-state index contributed by atoms with van der Waals surface area (Å²) in [6.45, 7) is 3.69. The molecule has 1 aromatic carbocycles. The van der Waals surface area contributed by atoms with Crippen LogP contribution in [0.1, 0.15) is 55.2 Å². The first-order valence-corrected chi connectivity index (χ1v) is 15.6. The fourth-order valence-corrected chi connectivity index (χ4v) is 6.41. The molecule has 3 heterocycles. The molecule has 40 heavy (non-hydrogen) atoms. The van der Waals surface area contributed by atoms with E-state index in [9.17, 15) is 18.8 Å². The van der Waals surface area contributed by atoms with Crippen LogP contribution in [0.25, 0.3) is 16.9 Å². The summed E-state index contributed by atoms with van der Waals surface area (Å²) < 4.78 is 26.9. The zero-order valence-electron chi connectivity index (χ0n) is 22.9. The Labute approximate surface area is 235 Å². The number of aliphatic hydroxyl groups is 1. The number of aryl methyl sites for hydroxylation is 1. The van der Waals surface area contributed by atoms with E-state index in [2.05, 4.69) is 43.9 Å². The number of benzene rings is 1. The molecule has 3 aromatic rings. The number of nitrogens with zero attached hydrogens (tertiary/aromatic N) is 6. The Kier molecular flexibility index (Phi) is 8.46. The Hall–Kier alpha value is -3.37. The van der Waals surface area contributed by atoms with Gasteiger partial charge in [-0.3, -0.25) is 0 Å². The van der Waals surface area contributed by atoms with Gasteiger partial charge >= 0.3 is 0 Å². The third kappa shape index (κ3) is 6.67. The molecule has 1 saturated heterocycles. The molecular weight excluding hydrogens is 528 g/mol. The van der Waals surface area contributed by atoms with Crippen LogP contribution in [0.4, 0.5) is 5.95 Å². The van der Waals surface area contributed by atoms with E-state index in [1.807, 2.05) is 19.2 Å². The molecular formula is C28H36N8O3S. The van der Waals surface area contributed by atoms with Crippen LogP contribution < -0.4 is 10.6 Å². The molecule has 12 heteroatoms. The number of aromatic nitrogens is 4. The van der Waals surface area contributed by atoms with Gasteiger partial charge in [0.2, 0.25) is 16.0 Å². The predicted octanol–water partition coefficient (Wildman–Crippen LogP) is 2.74. The highest BCUT2D eigenvalue weighted by atomic mass is 32.2. The maximum atomic E-state index is 11.8. The molecule has 1 aliphatic heterocycles. The third-order valence-corrected chi connectivity index (χ3v) is 9.07. The number of anilines is 1. The minimum Gasteiger partial charge on any atom is -0.393 e. The van der Waals surface area contributed by atoms with Crippen LogP contribution in [0.5, 0.6) is 0 Å². The zero-order chi connectivity index (χ0) is 28.3. The molecule has 1 aliphatic carbocycles. The van der Waals surface area contributed by atoms with Crippen molar-refractivity contribution >= 4 is 16.0 Å². The molecule has 2 aliphatic rings. The molecule has 2 fully saturated rings. The first-order valence-electron chi connectivity index (χ1n) is 13.7. The summed E-state index contributed by atoms with van der Waals surface area (Å²) in [5.41, 5.74) is 4.73. The Morgan fingerprint density at radius 2 is 1.95 bits per heavy atom. The lowest BCUT2D eigenvalue weighted by Gasteiger charge is -2.30. The van der Waals surface area contributed by atoms with Crippen LogP contribution in [-0.4, -0.2) is 75.1 Å². The van der Waals surface area contributed by atoms with Gasteiger partial charge in [-0.05, 0) is 62.6 Å². The lowest BCUT2D eigenvalue weighted by atomic mass is 9.93. The largest absolute Gasteiger partial charge is 0.393 e. The van der Waals surface area contributed by atoms with Gasteiger partial charge in [0, 0.05) is 43.5 Å². The van der Waals surface area contributed by atoms with Gasteiger partial charge in [0.1, 0.15) is 6.07 Å². The van der Waals surface area contributed by atoms with Gasteiger partial charge in [0.25, 0.3) is 0 Å². The SMILES string of the molecule is Cc1cc(CN[C@H]2CCC[C@H](O)C2)ccc1-n1cc(-c2nc(NC3CCN(S(C)(=O)=O)CC3)ncc2C#N)cn1. The normalized spacial score (nSPS) is 20.8. The van der Waals surface area contributed by atoms with Gasteiger partial charge in [-0.15, -0.1) is 0 Å². The van der Waals surface area contributed by atoms with Crippen LogP contribution in [0.3, 0.4) is 0 Å². The number of aliphatic hydroxyl groups excluding tert-OH is 1. The Morgan fingerprint density at radius 3 is 2.65 bits per heavy atom. The molecule has 0 unspecified atom stereocenters. The molecule has 2 atom stereocenters. The minimum absolute atomic E-state index is 0.0420. The molecule has 11 nitrogen and oxygen atoms in total. The molecule has 1 saturated carbocycles. The highest BCUT2D eigenvalue weighted by molar-refractivity contribution is 7.88. The first kappa shape index (κ1) is 28.2. The maximum Gasteiger partial charge on any atom is 0.223 e. The van der Waals surface area contributed by atoms with Crippen molar-refractivity contribution in [3.05, 3.63) is 53.5 Å². The lowest BCUT2D eigenvalue weighted by molar-refractivity contribution is 0.111. The Balaban J connectivity index is 1.27. The summed E-state index contributed by atoms with van der Waals surface area (Å²) in [4.78, 5) is 8.96. The molecule has 5 rings (SSSR count). The second-order valence-electron chi connectivity index (χ2n) is 10.8. The molecule has 3 N–H and O–H groups in total. The standard InChI is InChI=1S/C28H36N8O3S/c1-19-12-20(15-30-24-4-3-5-25(37)13-24)6-7-26(19)36-18-22(17-32-36)27-21(14-29)16-31-28(34-27)33-23-8-10-35(11-9-23)40(2,38)39/h6-7,12,16-18,23-25,30,37H,3-5,8-11,13,15H2,1-2H3,(H,31,33,34)/t24-,25-/m0/s1. The van der Waals surface area contributed by atoms with Gasteiger partial charge in [-0.25, -0.2) is 27.4 Å². The maximum absolute atomic E-state index is 11.8. The lowest BCUT2D eigenvalue weighted by Crippen LogP contribution is -2.42. The summed E-state index contributed by atoms with van der Waals surface area (Å²) in [6, 6.07) is 8.83. The molecule has 0 spiro atoms. The third-order valence-electron chi connectivity index (χ3n) is 7.77. The van der Waals surface area contributed by atoms with Crippen molar-refractivity contribution in [1.29, 1.82) is 5.26 Å². The summed E-state index contributed by atoms with van der Waals surface area (Å²) in [6.07, 6.45) is 11.2. The quantitative estimate of drug-likeness (QED) is 0.375. The summed E-state index contributed by atoms with van der Waals surface area (Å²) >= 11 is 0. The molecule has 0 radical (unpaired) electrons. The van der Waals surface area contributed by atoms with E-state index < -0.39 is 10.0 Å². The van der Waals surface area contributed by atoms with E-state index in [1.54, 1.807) is 10.9 Å². The van der Waals surface area contributed by atoms with Gasteiger partial charge in [-0.1, -0.05) is 12.1 Å². The predicted molar refractivity (Wildman–Crippen MR) is 152 cm³/mol. The average Bonchev–Trinajstić information content (AvgIpc) is 3.42. The smallest absolute Gasteiger partial charge is 0.223 e. The number of nitriles is 1. The first-order chi connectivity index (χ1) is 19.2. The molecule has 0 bridgehead atoms. The van der Waals surface area contributed by atoms with Gasteiger partial charge in [-0.2, -0.15) is 10.4 Å².